The molecule has 1 aromatic carbocycles. The standard InChI is InChI=1S/C11H10Cl2N2/c1-2-10-6-11(15-14-10)7-3-8(12)5-9(13)4-7/h3-6H,2H2,1H3,(H,14,15). The first-order valence-electron chi connectivity index (χ1n) is 4.70. The highest BCUT2D eigenvalue weighted by Gasteiger charge is 2.05. The smallest absolute Gasteiger partial charge is 0.0924 e. The van der Waals surface area contributed by atoms with E-state index < -0.39 is 0 Å². The van der Waals surface area contributed by atoms with Crippen LogP contribution in [0.1, 0.15) is 12.6 Å². The number of rotatable bonds is 2. The zero-order valence-corrected chi connectivity index (χ0v) is 9.73. The molecule has 0 aliphatic carbocycles. The number of aromatic amines is 1. The third-order valence-electron chi connectivity index (χ3n) is 2.17. The van der Waals surface area contributed by atoms with Crippen LogP contribution in [0.25, 0.3) is 11.3 Å². The predicted molar refractivity (Wildman–Crippen MR) is 63.4 cm³/mol. The highest BCUT2D eigenvalue weighted by atomic mass is 35.5. The molecule has 15 heavy (non-hydrogen) atoms. The van der Waals surface area contributed by atoms with Crippen molar-refractivity contribution in [1.82, 2.24) is 10.2 Å². The summed E-state index contributed by atoms with van der Waals surface area (Å²) in [5.74, 6) is 0. The summed E-state index contributed by atoms with van der Waals surface area (Å²) in [6, 6.07) is 7.41. The van der Waals surface area contributed by atoms with E-state index >= 15 is 0 Å². The Bertz CT molecular complexity index is 457. The van der Waals surface area contributed by atoms with Gasteiger partial charge in [0.1, 0.15) is 0 Å². The second-order valence-corrected chi connectivity index (χ2v) is 4.16. The minimum atomic E-state index is 0.624. The van der Waals surface area contributed by atoms with Crippen LogP contribution in [-0.4, -0.2) is 10.2 Å². The molecule has 0 saturated carbocycles. The van der Waals surface area contributed by atoms with Gasteiger partial charge in [-0.05, 0) is 30.7 Å². The number of H-pyrrole nitrogens is 1. The summed E-state index contributed by atoms with van der Waals surface area (Å²) in [5.41, 5.74) is 2.90. The van der Waals surface area contributed by atoms with Gasteiger partial charge in [0.2, 0.25) is 0 Å². The van der Waals surface area contributed by atoms with Crippen LogP contribution in [0.3, 0.4) is 0 Å². The summed E-state index contributed by atoms with van der Waals surface area (Å²) in [6.45, 7) is 2.07. The van der Waals surface area contributed by atoms with E-state index in [1.807, 2.05) is 18.2 Å². The van der Waals surface area contributed by atoms with Crippen LogP contribution in [0.15, 0.2) is 24.3 Å². The second-order valence-electron chi connectivity index (χ2n) is 3.29. The highest BCUT2D eigenvalue weighted by molar-refractivity contribution is 6.35. The maximum Gasteiger partial charge on any atom is 0.0924 e. The molecule has 0 fully saturated rings. The molecular weight excluding hydrogens is 231 g/mol. The van der Waals surface area contributed by atoms with Crippen molar-refractivity contribution in [3.63, 3.8) is 0 Å². The lowest BCUT2D eigenvalue weighted by Gasteiger charge is -1.98. The van der Waals surface area contributed by atoms with Gasteiger partial charge in [0.15, 0.2) is 0 Å². The van der Waals surface area contributed by atoms with Crippen LogP contribution >= 0.6 is 23.2 Å². The van der Waals surface area contributed by atoms with Gasteiger partial charge in [-0.15, -0.1) is 0 Å². The molecule has 0 atom stereocenters. The van der Waals surface area contributed by atoms with Gasteiger partial charge in [0.05, 0.1) is 5.69 Å². The number of halogens is 2. The van der Waals surface area contributed by atoms with Crippen molar-refractivity contribution in [2.45, 2.75) is 13.3 Å². The molecule has 2 rings (SSSR count). The monoisotopic (exact) mass is 240 g/mol. The minimum Gasteiger partial charge on any atom is -0.282 e. The molecular formula is C11H10Cl2N2. The Morgan fingerprint density at radius 1 is 1.13 bits per heavy atom. The molecule has 0 bridgehead atoms. The Balaban J connectivity index is 2.44. The van der Waals surface area contributed by atoms with Crippen molar-refractivity contribution < 1.29 is 0 Å². The van der Waals surface area contributed by atoms with Crippen LogP contribution in [0, 0.1) is 0 Å². The number of aromatic nitrogens is 2. The first-order chi connectivity index (χ1) is 7.19. The molecule has 1 heterocycles. The Labute approximate surface area is 98.2 Å². The van der Waals surface area contributed by atoms with Crippen LogP contribution in [0.5, 0.6) is 0 Å². The predicted octanol–water partition coefficient (Wildman–Crippen LogP) is 3.95. The normalized spacial score (nSPS) is 10.6. The summed E-state index contributed by atoms with van der Waals surface area (Å²) in [6.07, 6.45) is 0.932. The molecule has 0 radical (unpaired) electrons. The number of nitrogens with zero attached hydrogens (tertiary/aromatic N) is 1. The summed E-state index contributed by atoms with van der Waals surface area (Å²) in [4.78, 5) is 0. The van der Waals surface area contributed by atoms with Gasteiger partial charge in [0, 0.05) is 21.3 Å². The number of hydrogen-bond acceptors (Lipinski definition) is 1. The van der Waals surface area contributed by atoms with Crippen molar-refractivity contribution in [2.75, 3.05) is 0 Å². The fourth-order valence-corrected chi connectivity index (χ4v) is 1.92. The van der Waals surface area contributed by atoms with E-state index in [0.717, 1.165) is 23.4 Å². The van der Waals surface area contributed by atoms with E-state index in [1.165, 1.54) is 0 Å². The number of aryl methyl sites for hydroxylation is 1. The van der Waals surface area contributed by atoms with Crippen molar-refractivity contribution in [3.8, 4) is 11.3 Å². The molecule has 0 amide bonds. The van der Waals surface area contributed by atoms with Gasteiger partial charge in [-0.2, -0.15) is 5.10 Å². The zero-order chi connectivity index (χ0) is 10.8. The number of hydrogen-bond donors (Lipinski definition) is 1. The minimum absolute atomic E-state index is 0.624. The summed E-state index contributed by atoms with van der Waals surface area (Å²) in [7, 11) is 0. The average Bonchev–Trinajstić information content (AvgIpc) is 2.64. The molecule has 2 aromatic rings. The highest BCUT2D eigenvalue weighted by Crippen LogP contribution is 2.26. The molecule has 1 aromatic heterocycles. The molecule has 4 heteroatoms. The van der Waals surface area contributed by atoms with Crippen LogP contribution in [0.4, 0.5) is 0 Å². The van der Waals surface area contributed by atoms with Crippen molar-refractivity contribution in [1.29, 1.82) is 0 Å². The van der Waals surface area contributed by atoms with E-state index in [-0.39, 0.29) is 0 Å². The first-order valence-corrected chi connectivity index (χ1v) is 5.45. The van der Waals surface area contributed by atoms with Crippen LogP contribution in [0.2, 0.25) is 10.0 Å². The summed E-state index contributed by atoms with van der Waals surface area (Å²) >= 11 is 11.8. The summed E-state index contributed by atoms with van der Waals surface area (Å²) < 4.78 is 0. The van der Waals surface area contributed by atoms with Gasteiger partial charge in [-0.3, -0.25) is 5.10 Å². The van der Waals surface area contributed by atoms with E-state index in [0.29, 0.717) is 10.0 Å². The fourth-order valence-electron chi connectivity index (χ4n) is 1.39. The Hall–Kier alpha value is -0.990. The summed E-state index contributed by atoms with van der Waals surface area (Å²) in [5, 5.41) is 8.40. The van der Waals surface area contributed by atoms with Gasteiger partial charge in [0.25, 0.3) is 0 Å². The molecule has 78 valence electrons. The van der Waals surface area contributed by atoms with E-state index in [2.05, 4.69) is 17.1 Å². The Morgan fingerprint density at radius 2 is 1.80 bits per heavy atom. The fraction of sp³-hybridized carbons (Fsp3) is 0.182. The lowest BCUT2D eigenvalue weighted by molar-refractivity contribution is 0.976. The third-order valence-corrected chi connectivity index (χ3v) is 2.61. The van der Waals surface area contributed by atoms with Crippen molar-refractivity contribution in [2.24, 2.45) is 0 Å². The van der Waals surface area contributed by atoms with E-state index in [4.69, 9.17) is 23.2 Å². The number of benzene rings is 1. The zero-order valence-electron chi connectivity index (χ0n) is 8.22. The van der Waals surface area contributed by atoms with Crippen molar-refractivity contribution in [3.05, 3.63) is 40.0 Å². The third kappa shape index (κ3) is 2.33. The second kappa shape index (κ2) is 4.25. The van der Waals surface area contributed by atoms with Gasteiger partial charge < -0.3 is 0 Å². The van der Waals surface area contributed by atoms with Crippen molar-refractivity contribution >= 4 is 23.2 Å². The molecule has 2 nitrogen and oxygen atoms in total. The molecule has 0 aliphatic rings. The SMILES string of the molecule is CCc1cc(-c2cc(Cl)cc(Cl)c2)n[nH]1. The Morgan fingerprint density at radius 3 is 2.33 bits per heavy atom. The molecule has 1 N–H and O–H groups in total. The maximum absolute atomic E-state index is 5.92. The largest absolute Gasteiger partial charge is 0.282 e. The lowest BCUT2D eigenvalue weighted by atomic mass is 10.1. The lowest BCUT2D eigenvalue weighted by Crippen LogP contribution is -1.78. The quantitative estimate of drug-likeness (QED) is 0.847. The molecule has 0 aliphatic heterocycles. The van der Waals surface area contributed by atoms with Crippen LogP contribution < -0.4 is 0 Å². The average molecular weight is 241 g/mol. The molecule has 0 unspecified atom stereocenters. The topological polar surface area (TPSA) is 28.7 Å². The van der Waals surface area contributed by atoms with Gasteiger partial charge in [-0.1, -0.05) is 30.1 Å². The van der Waals surface area contributed by atoms with Crippen LogP contribution in [-0.2, 0) is 6.42 Å². The Kier molecular flexibility index (Phi) is 2.98. The van der Waals surface area contributed by atoms with Gasteiger partial charge in [-0.25, -0.2) is 0 Å². The molecule has 0 saturated heterocycles. The van der Waals surface area contributed by atoms with Gasteiger partial charge >= 0.3 is 0 Å². The number of nitrogens with one attached hydrogen (secondary N) is 1. The maximum atomic E-state index is 5.92. The first kappa shape index (κ1) is 10.5. The molecule has 0 spiro atoms. The van der Waals surface area contributed by atoms with E-state index in [9.17, 15) is 0 Å². The van der Waals surface area contributed by atoms with E-state index in [1.54, 1.807) is 6.07 Å².